The van der Waals surface area contributed by atoms with Crippen molar-refractivity contribution in [2.75, 3.05) is 7.11 Å². The Morgan fingerprint density at radius 3 is 2.23 bits per heavy atom. The van der Waals surface area contributed by atoms with Crippen LogP contribution in [-0.4, -0.2) is 17.4 Å². The Hall–Kier alpha value is -0.763. The molecule has 0 bridgehead atoms. The summed E-state index contributed by atoms with van der Waals surface area (Å²) in [6.07, 6.45) is 2.06. The molecule has 0 N–H and O–H groups in total. The predicted molar refractivity (Wildman–Crippen MR) is 57.1 cm³/mol. The fourth-order valence-electron chi connectivity index (χ4n) is 1.65. The highest BCUT2D eigenvalue weighted by Crippen LogP contribution is 2.21. The maximum atomic E-state index is 5.31. The van der Waals surface area contributed by atoms with Gasteiger partial charge in [-0.15, -0.1) is 0 Å². The van der Waals surface area contributed by atoms with Crippen LogP contribution in [0.1, 0.15) is 25.0 Å². The molecule has 1 rings (SSSR count). The first-order chi connectivity index (χ1) is 6.24. The lowest BCUT2D eigenvalue weighted by atomic mass is 10.0. The summed E-state index contributed by atoms with van der Waals surface area (Å²) in [6.45, 7) is 4.32. The van der Waals surface area contributed by atoms with Crippen molar-refractivity contribution in [3.8, 4) is 5.75 Å². The molecular weight excluding hydrogens is 176 g/mol. The van der Waals surface area contributed by atoms with E-state index in [9.17, 15) is 0 Å². The maximum absolute atomic E-state index is 5.31. The van der Waals surface area contributed by atoms with Gasteiger partial charge < -0.3 is 4.74 Å². The molecule has 1 aromatic carbocycles. The van der Waals surface area contributed by atoms with Crippen LogP contribution >= 0.6 is 0 Å². The van der Waals surface area contributed by atoms with Crippen LogP contribution in [0.15, 0.2) is 12.1 Å². The molecule has 13 heavy (non-hydrogen) atoms. The zero-order chi connectivity index (χ0) is 9.84. The minimum atomic E-state index is 1.00. The maximum Gasteiger partial charge on any atom is 0.122 e. The highest BCUT2D eigenvalue weighted by atomic mass is 28.1. The minimum Gasteiger partial charge on any atom is -0.496 e. The van der Waals surface area contributed by atoms with Crippen LogP contribution in [0.4, 0.5) is 0 Å². The van der Waals surface area contributed by atoms with Crippen LogP contribution in [0.3, 0.4) is 0 Å². The van der Waals surface area contributed by atoms with E-state index in [1.807, 2.05) is 12.1 Å². The third kappa shape index (κ3) is 1.94. The van der Waals surface area contributed by atoms with Gasteiger partial charge in [-0.25, -0.2) is 0 Å². The third-order valence-corrected chi connectivity index (χ3v) is 2.78. The van der Waals surface area contributed by atoms with Gasteiger partial charge in [0.2, 0.25) is 0 Å². The lowest BCUT2D eigenvalue weighted by molar-refractivity contribution is 0.409. The second-order valence-corrected chi connectivity index (χ2v) is 3.52. The van der Waals surface area contributed by atoms with Crippen LogP contribution in [0, 0.1) is 0 Å². The molecule has 0 saturated carbocycles. The van der Waals surface area contributed by atoms with E-state index in [0.717, 1.165) is 18.6 Å². The Morgan fingerprint density at radius 1 is 1.15 bits per heavy atom. The highest BCUT2D eigenvalue weighted by Gasteiger charge is 2.07. The van der Waals surface area contributed by atoms with E-state index in [1.165, 1.54) is 16.3 Å². The first kappa shape index (κ1) is 10.3. The number of benzene rings is 1. The molecule has 0 amide bonds. The Balaban J connectivity index is 3.27. The average Bonchev–Trinajstić information content (AvgIpc) is 2.17. The summed E-state index contributed by atoms with van der Waals surface area (Å²) in [5.41, 5.74) is 2.68. The van der Waals surface area contributed by atoms with Crippen molar-refractivity contribution in [2.45, 2.75) is 26.7 Å². The molecule has 1 nitrogen and oxygen atoms in total. The molecule has 0 aromatic heterocycles. The normalized spacial score (nSPS) is 10.2. The van der Waals surface area contributed by atoms with Gasteiger partial charge in [0.05, 0.1) is 17.4 Å². The molecule has 2 heteroatoms. The second kappa shape index (κ2) is 4.47. The molecule has 0 saturated heterocycles. The van der Waals surface area contributed by atoms with Gasteiger partial charge >= 0.3 is 0 Å². The number of methoxy groups -OCH3 is 1. The van der Waals surface area contributed by atoms with Crippen LogP contribution < -0.4 is 9.92 Å². The molecule has 69 valence electrons. The number of rotatable bonds is 3. The van der Waals surface area contributed by atoms with Crippen molar-refractivity contribution < 1.29 is 4.74 Å². The second-order valence-electron chi connectivity index (χ2n) is 2.98. The van der Waals surface area contributed by atoms with Gasteiger partial charge in [-0.3, -0.25) is 0 Å². The van der Waals surface area contributed by atoms with E-state index in [4.69, 9.17) is 4.74 Å². The highest BCUT2D eigenvalue weighted by molar-refractivity contribution is 6.33. The summed E-state index contributed by atoms with van der Waals surface area (Å²) in [5, 5.41) is 1.18. The van der Waals surface area contributed by atoms with Crippen LogP contribution in [0.2, 0.25) is 0 Å². The van der Waals surface area contributed by atoms with Crippen LogP contribution in [0.25, 0.3) is 0 Å². The molecule has 0 unspecified atom stereocenters. The summed E-state index contributed by atoms with van der Waals surface area (Å²) in [6, 6.07) is 4.06. The lowest BCUT2D eigenvalue weighted by Crippen LogP contribution is -2.13. The zero-order valence-corrected chi connectivity index (χ0v) is 9.48. The van der Waals surface area contributed by atoms with E-state index in [1.54, 1.807) is 7.11 Å². The van der Waals surface area contributed by atoms with Gasteiger partial charge in [0, 0.05) is 0 Å². The summed E-state index contributed by atoms with van der Waals surface area (Å²) in [7, 11) is 5.33. The van der Waals surface area contributed by atoms with Crippen LogP contribution in [0.5, 0.6) is 5.75 Å². The van der Waals surface area contributed by atoms with Gasteiger partial charge in [-0.2, -0.15) is 0 Å². The number of hydrogen-bond donors (Lipinski definition) is 0. The van der Waals surface area contributed by atoms with E-state index in [-0.39, 0.29) is 0 Å². The van der Waals surface area contributed by atoms with E-state index >= 15 is 0 Å². The van der Waals surface area contributed by atoms with Gasteiger partial charge in [-0.1, -0.05) is 25.1 Å². The van der Waals surface area contributed by atoms with Crippen molar-refractivity contribution in [1.82, 2.24) is 0 Å². The molecule has 3 radical (unpaired) electrons. The van der Waals surface area contributed by atoms with Crippen molar-refractivity contribution in [2.24, 2.45) is 0 Å². The van der Waals surface area contributed by atoms with Crippen LogP contribution in [-0.2, 0) is 12.8 Å². The fourth-order valence-corrected chi connectivity index (χ4v) is 2.07. The number of hydrogen-bond acceptors (Lipinski definition) is 1. The first-order valence-electron chi connectivity index (χ1n) is 4.64. The molecule has 0 fully saturated rings. The molecule has 0 aliphatic heterocycles. The minimum absolute atomic E-state index is 1.00. The molecule has 0 aliphatic rings. The van der Waals surface area contributed by atoms with E-state index in [2.05, 4.69) is 24.1 Å². The van der Waals surface area contributed by atoms with Gasteiger partial charge in [0.15, 0.2) is 0 Å². The van der Waals surface area contributed by atoms with Crippen molar-refractivity contribution in [1.29, 1.82) is 0 Å². The monoisotopic (exact) mass is 191 g/mol. The Kier molecular flexibility index (Phi) is 3.55. The Morgan fingerprint density at radius 2 is 1.77 bits per heavy atom. The Labute approximate surface area is 83.5 Å². The van der Waals surface area contributed by atoms with E-state index in [0.29, 0.717) is 0 Å². The number of ether oxygens (including phenoxy) is 1. The van der Waals surface area contributed by atoms with Crippen molar-refractivity contribution in [3.05, 3.63) is 23.3 Å². The smallest absolute Gasteiger partial charge is 0.122 e. The molecular formula is C11H15OSi. The third-order valence-electron chi connectivity index (χ3n) is 2.32. The van der Waals surface area contributed by atoms with Crippen molar-refractivity contribution in [3.63, 3.8) is 0 Å². The average molecular weight is 191 g/mol. The molecule has 0 atom stereocenters. The van der Waals surface area contributed by atoms with Gasteiger partial charge in [-0.05, 0) is 30.0 Å². The SMILES string of the molecule is CCc1c([Si])ccc(OC)c1CC. The molecule has 1 aromatic rings. The lowest BCUT2D eigenvalue weighted by Gasteiger charge is -2.13. The topological polar surface area (TPSA) is 9.23 Å². The predicted octanol–water partition coefficient (Wildman–Crippen LogP) is 1.61. The standard InChI is InChI=1S/C11H15OSi/c1-4-8-9(5-2)11(13)7-6-10(8)12-3/h6-7H,4-5H2,1-3H3. The zero-order valence-electron chi connectivity index (χ0n) is 8.48. The molecule has 0 aliphatic carbocycles. The largest absolute Gasteiger partial charge is 0.496 e. The summed E-state index contributed by atoms with van der Waals surface area (Å²) < 4.78 is 5.31. The van der Waals surface area contributed by atoms with Gasteiger partial charge in [0.1, 0.15) is 5.75 Å². The van der Waals surface area contributed by atoms with Gasteiger partial charge in [0.25, 0.3) is 0 Å². The summed E-state index contributed by atoms with van der Waals surface area (Å²) >= 11 is 0. The fraction of sp³-hybridized carbons (Fsp3) is 0.455. The summed E-state index contributed by atoms with van der Waals surface area (Å²) in [4.78, 5) is 0. The molecule has 0 heterocycles. The Bertz CT molecular complexity index is 294. The van der Waals surface area contributed by atoms with Crippen molar-refractivity contribution >= 4 is 15.4 Å². The van der Waals surface area contributed by atoms with E-state index < -0.39 is 0 Å². The quantitative estimate of drug-likeness (QED) is 0.660. The first-order valence-corrected chi connectivity index (χ1v) is 5.14. The summed E-state index contributed by atoms with van der Waals surface area (Å²) in [5.74, 6) is 1.00. The molecule has 0 spiro atoms.